The second-order valence-corrected chi connectivity index (χ2v) is 3.64. The molecule has 16 heavy (non-hydrogen) atoms. The van der Waals surface area contributed by atoms with E-state index in [1.165, 1.54) is 6.92 Å². The SMILES string of the molecule is CCC(C#N)(CC)C(=O)NCCNC(C)=O. The van der Waals surface area contributed by atoms with Gasteiger partial charge in [-0.3, -0.25) is 9.59 Å². The summed E-state index contributed by atoms with van der Waals surface area (Å²) in [6, 6.07) is 2.06. The van der Waals surface area contributed by atoms with Gasteiger partial charge in [0.05, 0.1) is 6.07 Å². The molecule has 0 aliphatic heterocycles. The van der Waals surface area contributed by atoms with Gasteiger partial charge in [0.25, 0.3) is 0 Å². The number of hydrogen-bond acceptors (Lipinski definition) is 3. The number of carbonyl (C=O) groups excluding carboxylic acids is 2. The molecule has 0 saturated carbocycles. The van der Waals surface area contributed by atoms with Gasteiger partial charge in [0.1, 0.15) is 5.41 Å². The number of amides is 2. The molecule has 0 bridgehead atoms. The summed E-state index contributed by atoms with van der Waals surface area (Å²) in [6.45, 7) is 5.79. The maximum Gasteiger partial charge on any atom is 0.240 e. The van der Waals surface area contributed by atoms with Crippen LogP contribution in [0.4, 0.5) is 0 Å². The zero-order valence-electron chi connectivity index (χ0n) is 10.1. The predicted octanol–water partition coefficient (Wildman–Crippen LogP) is 0.569. The molecule has 0 radical (unpaired) electrons. The van der Waals surface area contributed by atoms with Crippen molar-refractivity contribution in [1.82, 2.24) is 10.6 Å². The molecule has 2 N–H and O–H groups in total. The van der Waals surface area contributed by atoms with E-state index in [0.717, 1.165) is 0 Å². The Morgan fingerprint density at radius 1 is 1.19 bits per heavy atom. The third-order valence-corrected chi connectivity index (χ3v) is 2.64. The average molecular weight is 225 g/mol. The lowest BCUT2D eigenvalue weighted by atomic mass is 9.83. The monoisotopic (exact) mass is 225 g/mol. The molecule has 0 saturated heterocycles. The van der Waals surface area contributed by atoms with Crippen LogP contribution in [0.15, 0.2) is 0 Å². The number of hydrogen-bond donors (Lipinski definition) is 2. The van der Waals surface area contributed by atoms with Gasteiger partial charge in [-0.15, -0.1) is 0 Å². The van der Waals surface area contributed by atoms with Crippen molar-refractivity contribution in [2.75, 3.05) is 13.1 Å². The van der Waals surface area contributed by atoms with Crippen molar-refractivity contribution in [3.8, 4) is 6.07 Å². The van der Waals surface area contributed by atoms with Crippen LogP contribution in [0.25, 0.3) is 0 Å². The van der Waals surface area contributed by atoms with Crippen LogP contribution in [-0.2, 0) is 9.59 Å². The predicted molar refractivity (Wildman–Crippen MR) is 60.3 cm³/mol. The quantitative estimate of drug-likeness (QED) is 0.648. The maximum absolute atomic E-state index is 11.8. The smallest absolute Gasteiger partial charge is 0.240 e. The minimum absolute atomic E-state index is 0.133. The fourth-order valence-electron chi connectivity index (χ4n) is 1.36. The third kappa shape index (κ3) is 3.89. The van der Waals surface area contributed by atoms with E-state index in [2.05, 4.69) is 16.7 Å². The molecule has 0 aromatic carbocycles. The topological polar surface area (TPSA) is 82.0 Å². The Bertz CT molecular complexity index is 290. The molecule has 0 aromatic heterocycles. The molecular formula is C11H19N3O2. The fourth-order valence-corrected chi connectivity index (χ4v) is 1.36. The molecule has 2 amide bonds. The molecule has 0 rings (SSSR count). The maximum atomic E-state index is 11.8. The standard InChI is InChI=1S/C11H19N3O2/c1-4-11(5-2,8-12)10(16)14-7-6-13-9(3)15/h4-7H2,1-3H3,(H,13,15)(H,14,16). The van der Waals surface area contributed by atoms with Crippen molar-refractivity contribution >= 4 is 11.8 Å². The van der Waals surface area contributed by atoms with Crippen LogP contribution in [0.1, 0.15) is 33.6 Å². The molecule has 0 spiro atoms. The summed E-state index contributed by atoms with van der Waals surface area (Å²) in [5.74, 6) is -0.392. The van der Waals surface area contributed by atoms with Crippen molar-refractivity contribution in [2.45, 2.75) is 33.6 Å². The Morgan fingerprint density at radius 3 is 2.06 bits per heavy atom. The van der Waals surface area contributed by atoms with Crippen molar-refractivity contribution < 1.29 is 9.59 Å². The van der Waals surface area contributed by atoms with Crippen molar-refractivity contribution in [3.05, 3.63) is 0 Å². The minimum Gasteiger partial charge on any atom is -0.355 e. The number of rotatable bonds is 6. The molecule has 0 aromatic rings. The van der Waals surface area contributed by atoms with Gasteiger partial charge < -0.3 is 10.6 Å². The molecule has 90 valence electrons. The first-order valence-corrected chi connectivity index (χ1v) is 5.46. The van der Waals surface area contributed by atoms with Crippen LogP contribution >= 0.6 is 0 Å². The fraction of sp³-hybridized carbons (Fsp3) is 0.727. The highest BCUT2D eigenvalue weighted by atomic mass is 16.2. The van der Waals surface area contributed by atoms with Crippen LogP contribution in [0.5, 0.6) is 0 Å². The van der Waals surface area contributed by atoms with E-state index in [0.29, 0.717) is 25.9 Å². The summed E-state index contributed by atoms with van der Waals surface area (Å²) in [6.07, 6.45) is 0.984. The number of carbonyl (C=O) groups is 2. The normalized spacial score (nSPS) is 10.4. The zero-order valence-corrected chi connectivity index (χ0v) is 10.1. The summed E-state index contributed by atoms with van der Waals surface area (Å²) in [5.41, 5.74) is -0.934. The Balaban J connectivity index is 4.14. The molecule has 0 aliphatic carbocycles. The van der Waals surface area contributed by atoms with Gasteiger partial charge in [-0.25, -0.2) is 0 Å². The molecule has 0 heterocycles. The summed E-state index contributed by atoms with van der Waals surface area (Å²) in [5, 5.41) is 14.2. The van der Waals surface area contributed by atoms with Crippen molar-refractivity contribution in [1.29, 1.82) is 5.26 Å². The van der Waals surface area contributed by atoms with E-state index in [4.69, 9.17) is 5.26 Å². The lowest BCUT2D eigenvalue weighted by molar-refractivity contribution is -0.128. The van der Waals surface area contributed by atoms with E-state index in [9.17, 15) is 9.59 Å². The molecule has 5 heteroatoms. The van der Waals surface area contributed by atoms with Crippen molar-refractivity contribution in [2.24, 2.45) is 5.41 Å². The van der Waals surface area contributed by atoms with E-state index in [1.807, 2.05) is 13.8 Å². The average Bonchev–Trinajstić information content (AvgIpc) is 2.27. The Kier molecular flexibility index (Phi) is 6.16. The third-order valence-electron chi connectivity index (χ3n) is 2.64. The van der Waals surface area contributed by atoms with Crippen molar-refractivity contribution in [3.63, 3.8) is 0 Å². The molecule has 0 atom stereocenters. The highest BCUT2D eigenvalue weighted by Crippen LogP contribution is 2.25. The van der Waals surface area contributed by atoms with Crippen LogP contribution in [-0.4, -0.2) is 24.9 Å². The molecular weight excluding hydrogens is 206 g/mol. The number of nitrogens with one attached hydrogen (secondary N) is 2. The lowest BCUT2D eigenvalue weighted by Crippen LogP contribution is -2.42. The Labute approximate surface area is 96.2 Å². The molecule has 0 unspecified atom stereocenters. The van der Waals surface area contributed by atoms with E-state index < -0.39 is 5.41 Å². The van der Waals surface area contributed by atoms with Crippen LogP contribution < -0.4 is 10.6 Å². The highest BCUT2D eigenvalue weighted by molar-refractivity contribution is 5.85. The van der Waals surface area contributed by atoms with Gasteiger partial charge in [0.15, 0.2) is 0 Å². The van der Waals surface area contributed by atoms with Gasteiger partial charge in [-0.1, -0.05) is 13.8 Å². The largest absolute Gasteiger partial charge is 0.355 e. The van der Waals surface area contributed by atoms with Crippen LogP contribution in [0.2, 0.25) is 0 Å². The first-order valence-electron chi connectivity index (χ1n) is 5.46. The van der Waals surface area contributed by atoms with Crippen LogP contribution in [0, 0.1) is 16.7 Å². The Hall–Kier alpha value is -1.57. The molecule has 0 fully saturated rings. The van der Waals surface area contributed by atoms with Gasteiger partial charge in [-0.2, -0.15) is 5.26 Å². The minimum atomic E-state index is -0.934. The van der Waals surface area contributed by atoms with Gasteiger partial charge in [0, 0.05) is 20.0 Å². The van der Waals surface area contributed by atoms with E-state index in [1.54, 1.807) is 0 Å². The van der Waals surface area contributed by atoms with Gasteiger partial charge >= 0.3 is 0 Å². The number of nitriles is 1. The first kappa shape index (κ1) is 14.4. The van der Waals surface area contributed by atoms with E-state index in [-0.39, 0.29) is 11.8 Å². The lowest BCUT2D eigenvalue weighted by Gasteiger charge is -2.22. The number of nitrogens with zero attached hydrogens (tertiary/aromatic N) is 1. The first-order chi connectivity index (χ1) is 7.52. The summed E-state index contributed by atoms with van der Waals surface area (Å²) < 4.78 is 0. The Morgan fingerprint density at radius 2 is 1.69 bits per heavy atom. The zero-order chi connectivity index (χ0) is 12.6. The van der Waals surface area contributed by atoms with Crippen LogP contribution in [0.3, 0.4) is 0 Å². The molecule has 5 nitrogen and oxygen atoms in total. The van der Waals surface area contributed by atoms with Gasteiger partial charge in [0.2, 0.25) is 11.8 Å². The highest BCUT2D eigenvalue weighted by Gasteiger charge is 2.34. The van der Waals surface area contributed by atoms with Gasteiger partial charge in [-0.05, 0) is 12.8 Å². The summed E-state index contributed by atoms with van der Waals surface area (Å²) in [4.78, 5) is 22.3. The van der Waals surface area contributed by atoms with E-state index >= 15 is 0 Å². The second kappa shape index (κ2) is 6.83. The summed E-state index contributed by atoms with van der Waals surface area (Å²) >= 11 is 0. The molecule has 0 aliphatic rings. The second-order valence-electron chi connectivity index (χ2n) is 3.64. The summed E-state index contributed by atoms with van der Waals surface area (Å²) in [7, 11) is 0.